The van der Waals surface area contributed by atoms with E-state index in [1.165, 1.54) is 25.7 Å². The molecule has 0 bridgehead atoms. The summed E-state index contributed by atoms with van der Waals surface area (Å²) in [4.78, 5) is 14.1. The van der Waals surface area contributed by atoms with Crippen LogP contribution in [0.4, 0.5) is 0 Å². The molecular weight excluding hydrogens is 202 g/mol. The van der Waals surface area contributed by atoms with Crippen molar-refractivity contribution in [3.8, 4) is 0 Å². The molecule has 2 rings (SSSR count). The molecule has 0 radical (unpaired) electrons. The SMILES string of the molecule is CCN(CC(=O)NC1CC1)C1CCNCC1. The Morgan fingerprint density at radius 1 is 1.31 bits per heavy atom. The molecule has 0 atom stereocenters. The van der Waals surface area contributed by atoms with Gasteiger partial charge >= 0.3 is 0 Å². The zero-order chi connectivity index (χ0) is 11.4. The number of hydrogen-bond donors (Lipinski definition) is 2. The molecule has 1 heterocycles. The number of rotatable bonds is 5. The van der Waals surface area contributed by atoms with Gasteiger partial charge in [0.2, 0.25) is 5.91 Å². The predicted octanol–water partition coefficient (Wildman–Crippen LogP) is 0.339. The zero-order valence-electron chi connectivity index (χ0n) is 10.2. The van der Waals surface area contributed by atoms with Gasteiger partial charge in [-0.25, -0.2) is 0 Å². The normalized spacial score (nSPS) is 22.4. The third-order valence-corrected chi connectivity index (χ3v) is 3.52. The van der Waals surface area contributed by atoms with Crippen LogP contribution >= 0.6 is 0 Å². The van der Waals surface area contributed by atoms with Gasteiger partial charge in [-0.05, 0) is 45.3 Å². The van der Waals surface area contributed by atoms with Crippen molar-refractivity contribution in [1.82, 2.24) is 15.5 Å². The van der Waals surface area contributed by atoms with Gasteiger partial charge in [-0.3, -0.25) is 9.69 Å². The van der Waals surface area contributed by atoms with Gasteiger partial charge < -0.3 is 10.6 Å². The second-order valence-corrected chi connectivity index (χ2v) is 4.89. The van der Waals surface area contributed by atoms with Crippen LogP contribution in [0.25, 0.3) is 0 Å². The Morgan fingerprint density at radius 3 is 2.56 bits per heavy atom. The Balaban J connectivity index is 1.76. The van der Waals surface area contributed by atoms with Crippen molar-refractivity contribution in [3.63, 3.8) is 0 Å². The minimum absolute atomic E-state index is 0.211. The van der Waals surface area contributed by atoms with E-state index in [9.17, 15) is 4.79 Å². The lowest BCUT2D eigenvalue weighted by molar-refractivity contribution is -0.123. The summed E-state index contributed by atoms with van der Waals surface area (Å²) in [6.45, 7) is 5.88. The first-order valence-electron chi connectivity index (χ1n) is 6.53. The van der Waals surface area contributed by atoms with Crippen LogP contribution in [-0.4, -0.2) is 49.1 Å². The highest BCUT2D eigenvalue weighted by Crippen LogP contribution is 2.18. The molecular formula is C12H23N3O. The molecule has 2 N–H and O–H groups in total. The third kappa shape index (κ3) is 3.46. The Bertz CT molecular complexity index is 234. The smallest absolute Gasteiger partial charge is 0.234 e. The molecule has 4 heteroatoms. The summed E-state index contributed by atoms with van der Waals surface area (Å²) in [6.07, 6.45) is 4.69. The van der Waals surface area contributed by atoms with Gasteiger partial charge in [0, 0.05) is 12.1 Å². The van der Waals surface area contributed by atoms with Gasteiger partial charge in [0.1, 0.15) is 0 Å². The highest BCUT2D eigenvalue weighted by molar-refractivity contribution is 5.78. The first kappa shape index (κ1) is 11.9. The molecule has 1 amide bonds. The van der Waals surface area contributed by atoms with E-state index in [4.69, 9.17) is 0 Å². The summed E-state index contributed by atoms with van der Waals surface area (Å²) in [7, 11) is 0. The maximum atomic E-state index is 11.7. The van der Waals surface area contributed by atoms with Crippen LogP contribution in [-0.2, 0) is 4.79 Å². The van der Waals surface area contributed by atoms with Gasteiger partial charge in [-0.1, -0.05) is 6.92 Å². The van der Waals surface area contributed by atoms with Crippen molar-refractivity contribution in [1.29, 1.82) is 0 Å². The van der Waals surface area contributed by atoms with Crippen molar-refractivity contribution >= 4 is 5.91 Å². The molecule has 0 aromatic rings. The van der Waals surface area contributed by atoms with Crippen LogP contribution in [0.1, 0.15) is 32.6 Å². The van der Waals surface area contributed by atoms with Crippen LogP contribution in [0, 0.1) is 0 Å². The molecule has 1 aliphatic heterocycles. The quantitative estimate of drug-likeness (QED) is 0.709. The monoisotopic (exact) mass is 225 g/mol. The largest absolute Gasteiger partial charge is 0.352 e. The molecule has 4 nitrogen and oxygen atoms in total. The topological polar surface area (TPSA) is 44.4 Å². The molecule has 1 aliphatic carbocycles. The zero-order valence-corrected chi connectivity index (χ0v) is 10.2. The number of nitrogens with one attached hydrogen (secondary N) is 2. The van der Waals surface area contributed by atoms with Crippen LogP contribution < -0.4 is 10.6 Å². The maximum absolute atomic E-state index is 11.7. The van der Waals surface area contributed by atoms with E-state index in [0.717, 1.165) is 19.6 Å². The summed E-state index contributed by atoms with van der Waals surface area (Å²) in [6, 6.07) is 1.08. The molecule has 0 aromatic heterocycles. The molecule has 92 valence electrons. The van der Waals surface area contributed by atoms with E-state index in [1.54, 1.807) is 0 Å². The fraction of sp³-hybridized carbons (Fsp3) is 0.917. The first-order valence-corrected chi connectivity index (χ1v) is 6.53. The number of hydrogen-bond acceptors (Lipinski definition) is 3. The Labute approximate surface area is 97.8 Å². The minimum atomic E-state index is 0.211. The number of carbonyl (C=O) groups excluding carboxylic acids is 1. The molecule has 2 fully saturated rings. The number of piperidine rings is 1. The molecule has 1 saturated heterocycles. The summed E-state index contributed by atoms with van der Waals surface area (Å²) in [5.74, 6) is 0.211. The lowest BCUT2D eigenvalue weighted by atomic mass is 10.0. The molecule has 0 unspecified atom stereocenters. The minimum Gasteiger partial charge on any atom is -0.352 e. The number of likely N-dealkylation sites (N-methyl/N-ethyl adjacent to an activating group) is 1. The number of amides is 1. The number of nitrogens with zero attached hydrogens (tertiary/aromatic N) is 1. The van der Waals surface area contributed by atoms with Gasteiger partial charge in [0.25, 0.3) is 0 Å². The second kappa shape index (κ2) is 5.64. The van der Waals surface area contributed by atoms with Crippen LogP contribution in [0.15, 0.2) is 0 Å². The maximum Gasteiger partial charge on any atom is 0.234 e. The van der Waals surface area contributed by atoms with Gasteiger partial charge in [-0.2, -0.15) is 0 Å². The van der Waals surface area contributed by atoms with Gasteiger partial charge in [0.15, 0.2) is 0 Å². The van der Waals surface area contributed by atoms with E-state index in [-0.39, 0.29) is 5.91 Å². The van der Waals surface area contributed by atoms with E-state index < -0.39 is 0 Å². The summed E-state index contributed by atoms with van der Waals surface area (Å²) < 4.78 is 0. The number of carbonyl (C=O) groups is 1. The van der Waals surface area contributed by atoms with Crippen LogP contribution in [0.2, 0.25) is 0 Å². The van der Waals surface area contributed by atoms with Crippen molar-refractivity contribution in [2.75, 3.05) is 26.2 Å². The van der Waals surface area contributed by atoms with E-state index >= 15 is 0 Å². The fourth-order valence-corrected chi connectivity index (χ4v) is 2.36. The molecule has 0 spiro atoms. The Kier molecular flexibility index (Phi) is 4.18. The standard InChI is InChI=1S/C12H23N3O/c1-2-15(11-5-7-13-8-6-11)9-12(16)14-10-3-4-10/h10-11,13H,2-9H2,1H3,(H,14,16). The van der Waals surface area contributed by atoms with Crippen molar-refractivity contribution in [2.24, 2.45) is 0 Å². The van der Waals surface area contributed by atoms with Gasteiger partial charge in [-0.15, -0.1) is 0 Å². The summed E-state index contributed by atoms with van der Waals surface area (Å²) in [5.41, 5.74) is 0. The van der Waals surface area contributed by atoms with Crippen molar-refractivity contribution < 1.29 is 4.79 Å². The summed E-state index contributed by atoms with van der Waals surface area (Å²) in [5, 5.41) is 6.42. The molecule has 16 heavy (non-hydrogen) atoms. The van der Waals surface area contributed by atoms with Gasteiger partial charge in [0.05, 0.1) is 6.54 Å². The lowest BCUT2D eigenvalue weighted by Crippen LogP contribution is -2.47. The fourth-order valence-electron chi connectivity index (χ4n) is 2.36. The lowest BCUT2D eigenvalue weighted by Gasteiger charge is -2.33. The molecule has 2 aliphatic rings. The summed E-state index contributed by atoms with van der Waals surface area (Å²) >= 11 is 0. The van der Waals surface area contributed by atoms with Crippen LogP contribution in [0.5, 0.6) is 0 Å². The van der Waals surface area contributed by atoms with Crippen LogP contribution in [0.3, 0.4) is 0 Å². The van der Waals surface area contributed by atoms with E-state index in [2.05, 4.69) is 22.5 Å². The Hall–Kier alpha value is -0.610. The van der Waals surface area contributed by atoms with Crippen molar-refractivity contribution in [3.05, 3.63) is 0 Å². The molecule has 0 aromatic carbocycles. The van der Waals surface area contributed by atoms with E-state index in [0.29, 0.717) is 18.6 Å². The van der Waals surface area contributed by atoms with Crippen molar-refractivity contribution in [2.45, 2.75) is 44.7 Å². The average molecular weight is 225 g/mol. The third-order valence-electron chi connectivity index (χ3n) is 3.52. The highest BCUT2D eigenvalue weighted by atomic mass is 16.2. The Morgan fingerprint density at radius 2 is 2.00 bits per heavy atom. The highest BCUT2D eigenvalue weighted by Gasteiger charge is 2.26. The predicted molar refractivity (Wildman–Crippen MR) is 64.3 cm³/mol. The van der Waals surface area contributed by atoms with E-state index in [1.807, 2.05) is 0 Å². The first-order chi connectivity index (χ1) is 7.79. The second-order valence-electron chi connectivity index (χ2n) is 4.89. The molecule has 1 saturated carbocycles. The average Bonchev–Trinajstić information content (AvgIpc) is 3.11.